The number of amides is 1. The lowest BCUT2D eigenvalue weighted by Crippen LogP contribution is -2.23. The van der Waals surface area contributed by atoms with Crippen LogP contribution in [0.3, 0.4) is 0 Å². The van der Waals surface area contributed by atoms with Gasteiger partial charge in [-0.25, -0.2) is 4.98 Å². The average molecular weight is 498 g/mol. The quantitative estimate of drug-likeness (QED) is 0.394. The molecule has 5 rings (SSSR count). The number of aryl methyl sites for hydroxylation is 1. The first-order valence-electron chi connectivity index (χ1n) is 11.9. The molecule has 0 saturated carbocycles. The number of anilines is 1. The molecular weight excluding hydrogens is 470 g/mol. The summed E-state index contributed by atoms with van der Waals surface area (Å²) in [5.41, 5.74) is 11.9. The maximum atomic E-state index is 12.9. The first-order chi connectivity index (χ1) is 17.6. The van der Waals surface area contributed by atoms with Gasteiger partial charge in [-0.3, -0.25) is 9.48 Å². The molecule has 1 saturated heterocycles. The van der Waals surface area contributed by atoms with Crippen molar-refractivity contribution in [3.8, 4) is 23.0 Å². The first-order valence-corrected chi connectivity index (χ1v) is 12.8. The number of carbonyl (C=O) groups is 1. The highest BCUT2D eigenvalue weighted by atomic mass is 32.1. The maximum absolute atomic E-state index is 12.9. The molecule has 0 unspecified atom stereocenters. The Labute approximate surface area is 214 Å². The molecule has 36 heavy (non-hydrogen) atoms. The highest BCUT2D eigenvalue weighted by molar-refractivity contribution is 7.07. The van der Waals surface area contributed by atoms with Crippen LogP contribution in [0.4, 0.5) is 5.82 Å². The number of ether oxygens (including phenoxy) is 1. The minimum atomic E-state index is -0.161. The lowest BCUT2D eigenvalue weighted by molar-refractivity contribution is 0.0662. The highest BCUT2D eigenvalue weighted by Gasteiger charge is 2.17. The van der Waals surface area contributed by atoms with Crippen LogP contribution >= 0.6 is 11.3 Å². The second kappa shape index (κ2) is 10.8. The number of pyridine rings is 1. The van der Waals surface area contributed by atoms with Gasteiger partial charge in [0.05, 0.1) is 23.4 Å². The van der Waals surface area contributed by atoms with Crippen LogP contribution < -0.4 is 11.1 Å². The molecule has 0 bridgehead atoms. The number of aromatic nitrogens is 3. The Morgan fingerprint density at radius 3 is 2.81 bits per heavy atom. The van der Waals surface area contributed by atoms with Crippen molar-refractivity contribution >= 4 is 23.1 Å². The predicted molar refractivity (Wildman–Crippen MR) is 142 cm³/mol. The second-order valence-electron chi connectivity index (χ2n) is 8.82. The second-order valence-corrected chi connectivity index (χ2v) is 9.60. The standard InChI is InChI=1S/C28H27N5O2S/c1-19-2-5-26(28(34)31-14-20-8-11-36-18-20)21(12-19)3-4-22-13-23(15-30-27(22)29)24-16-32-33(17-24)25-6-9-35-10-7-25/h2,5,8,11-13,15-18,25H,6-7,9-10,14H2,1H3,(H2,29,30)(H,31,34). The SMILES string of the molecule is Cc1ccc(C(=O)NCc2ccsc2)c(C#Cc2cc(-c3cnn(C4CCOCC4)c3)cnc2N)c1. The van der Waals surface area contributed by atoms with Crippen LogP contribution in [0.2, 0.25) is 0 Å². The Morgan fingerprint density at radius 1 is 1.17 bits per heavy atom. The average Bonchev–Trinajstić information content (AvgIpc) is 3.60. The van der Waals surface area contributed by atoms with E-state index in [4.69, 9.17) is 10.5 Å². The molecule has 4 aromatic rings. The van der Waals surface area contributed by atoms with Gasteiger partial charge in [0, 0.05) is 48.8 Å². The molecule has 1 aliphatic rings. The third-order valence-electron chi connectivity index (χ3n) is 6.20. The van der Waals surface area contributed by atoms with Crippen molar-refractivity contribution < 1.29 is 9.53 Å². The van der Waals surface area contributed by atoms with Gasteiger partial charge >= 0.3 is 0 Å². The molecule has 0 radical (unpaired) electrons. The summed E-state index contributed by atoms with van der Waals surface area (Å²) in [6.45, 7) is 3.97. The van der Waals surface area contributed by atoms with Gasteiger partial charge in [0.1, 0.15) is 5.82 Å². The van der Waals surface area contributed by atoms with E-state index in [1.807, 2.05) is 65.1 Å². The predicted octanol–water partition coefficient (Wildman–Crippen LogP) is 4.58. The van der Waals surface area contributed by atoms with Gasteiger partial charge in [0.25, 0.3) is 5.91 Å². The summed E-state index contributed by atoms with van der Waals surface area (Å²) in [7, 11) is 0. The number of carbonyl (C=O) groups excluding carboxylic acids is 1. The number of benzene rings is 1. The maximum Gasteiger partial charge on any atom is 0.252 e. The van der Waals surface area contributed by atoms with E-state index in [2.05, 4.69) is 27.2 Å². The van der Waals surface area contributed by atoms with Crippen LogP contribution in [0.5, 0.6) is 0 Å². The zero-order valence-corrected chi connectivity index (χ0v) is 20.8. The largest absolute Gasteiger partial charge is 0.383 e. The summed E-state index contributed by atoms with van der Waals surface area (Å²) >= 11 is 1.61. The normalized spacial score (nSPS) is 13.7. The summed E-state index contributed by atoms with van der Waals surface area (Å²) < 4.78 is 7.47. The topological polar surface area (TPSA) is 95.1 Å². The van der Waals surface area contributed by atoms with Gasteiger partial charge in [-0.05, 0) is 65.9 Å². The fourth-order valence-corrected chi connectivity index (χ4v) is 4.80. The van der Waals surface area contributed by atoms with E-state index in [9.17, 15) is 4.79 Å². The van der Waals surface area contributed by atoms with Gasteiger partial charge < -0.3 is 15.8 Å². The summed E-state index contributed by atoms with van der Waals surface area (Å²) in [6.07, 6.45) is 7.53. The molecule has 7 nitrogen and oxygen atoms in total. The van der Waals surface area contributed by atoms with Crippen LogP contribution in [-0.4, -0.2) is 33.9 Å². The fraction of sp³-hybridized carbons (Fsp3) is 0.250. The molecule has 8 heteroatoms. The Bertz CT molecular complexity index is 1430. The zero-order valence-electron chi connectivity index (χ0n) is 20.0. The monoisotopic (exact) mass is 497 g/mol. The van der Waals surface area contributed by atoms with Crippen LogP contribution in [0.1, 0.15) is 51.5 Å². The van der Waals surface area contributed by atoms with E-state index in [-0.39, 0.29) is 5.91 Å². The van der Waals surface area contributed by atoms with Crippen molar-refractivity contribution in [3.05, 3.63) is 87.5 Å². The first kappa shape index (κ1) is 23.8. The van der Waals surface area contributed by atoms with Crippen molar-refractivity contribution in [3.63, 3.8) is 0 Å². The number of nitrogens with zero attached hydrogens (tertiary/aromatic N) is 3. The number of nitrogens with two attached hydrogens (primary N) is 1. The molecule has 0 spiro atoms. The Hall–Kier alpha value is -3.93. The van der Waals surface area contributed by atoms with E-state index in [0.29, 0.717) is 35.1 Å². The van der Waals surface area contributed by atoms with E-state index >= 15 is 0 Å². The Balaban J connectivity index is 1.39. The Kier molecular flexibility index (Phi) is 7.12. The van der Waals surface area contributed by atoms with Gasteiger partial charge in [-0.15, -0.1) is 0 Å². The summed E-state index contributed by atoms with van der Waals surface area (Å²) in [5, 5.41) is 11.6. The molecule has 1 amide bonds. The molecule has 0 aliphatic carbocycles. The lowest BCUT2D eigenvalue weighted by atomic mass is 10.0. The number of nitrogens with one attached hydrogen (secondary N) is 1. The number of nitrogen functional groups attached to an aromatic ring is 1. The van der Waals surface area contributed by atoms with E-state index in [1.54, 1.807) is 17.5 Å². The minimum absolute atomic E-state index is 0.161. The van der Waals surface area contributed by atoms with Crippen molar-refractivity contribution in [2.75, 3.05) is 18.9 Å². The van der Waals surface area contributed by atoms with Crippen LogP contribution in [0.25, 0.3) is 11.1 Å². The molecule has 4 heterocycles. The van der Waals surface area contributed by atoms with E-state index in [0.717, 1.165) is 48.3 Å². The lowest BCUT2D eigenvalue weighted by Gasteiger charge is -2.22. The number of hydrogen-bond donors (Lipinski definition) is 2. The van der Waals surface area contributed by atoms with E-state index < -0.39 is 0 Å². The van der Waals surface area contributed by atoms with Crippen molar-refractivity contribution in [2.24, 2.45) is 0 Å². The minimum Gasteiger partial charge on any atom is -0.383 e. The van der Waals surface area contributed by atoms with E-state index in [1.165, 1.54) is 0 Å². The third kappa shape index (κ3) is 5.48. The molecule has 0 atom stereocenters. The zero-order chi connectivity index (χ0) is 24.9. The van der Waals surface area contributed by atoms with Crippen molar-refractivity contribution in [1.29, 1.82) is 0 Å². The highest BCUT2D eigenvalue weighted by Crippen LogP contribution is 2.25. The summed E-state index contributed by atoms with van der Waals surface area (Å²) in [4.78, 5) is 17.3. The number of hydrogen-bond acceptors (Lipinski definition) is 6. The molecule has 1 aliphatic heterocycles. The molecule has 1 fully saturated rings. The number of rotatable bonds is 5. The molecule has 3 aromatic heterocycles. The van der Waals surface area contributed by atoms with Gasteiger partial charge in [-0.1, -0.05) is 17.9 Å². The molecule has 3 N–H and O–H groups in total. The molecule has 182 valence electrons. The van der Waals surface area contributed by atoms with Crippen molar-refractivity contribution in [2.45, 2.75) is 32.4 Å². The number of thiophene rings is 1. The van der Waals surface area contributed by atoms with Gasteiger partial charge in [0.2, 0.25) is 0 Å². The summed E-state index contributed by atoms with van der Waals surface area (Å²) in [5.74, 6) is 6.48. The fourth-order valence-electron chi connectivity index (χ4n) is 4.13. The van der Waals surface area contributed by atoms with Gasteiger partial charge in [-0.2, -0.15) is 16.4 Å². The Morgan fingerprint density at radius 2 is 2.00 bits per heavy atom. The smallest absolute Gasteiger partial charge is 0.252 e. The summed E-state index contributed by atoms with van der Waals surface area (Å²) in [6, 6.07) is 9.91. The van der Waals surface area contributed by atoms with Crippen LogP contribution in [0, 0.1) is 18.8 Å². The molecule has 1 aromatic carbocycles. The van der Waals surface area contributed by atoms with Crippen molar-refractivity contribution in [1.82, 2.24) is 20.1 Å². The van der Waals surface area contributed by atoms with Gasteiger partial charge in [0.15, 0.2) is 0 Å². The third-order valence-corrected chi connectivity index (χ3v) is 6.94. The van der Waals surface area contributed by atoms with Crippen LogP contribution in [0.15, 0.2) is 59.7 Å². The van der Waals surface area contributed by atoms with Crippen LogP contribution in [-0.2, 0) is 11.3 Å². The molecular formula is C28H27N5O2S.